The zero-order chi connectivity index (χ0) is 19.5. The number of rotatable bonds is 12. The summed E-state index contributed by atoms with van der Waals surface area (Å²) in [7, 11) is 1.65. The van der Waals surface area contributed by atoms with Gasteiger partial charge in [-0.25, -0.2) is 9.37 Å². The van der Waals surface area contributed by atoms with Gasteiger partial charge >= 0.3 is 0 Å². The topological polar surface area (TPSA) is 67.4 Å². The molecule has 0 aliphatic rings. The van der Waals surface area contributed by atoms with Gasteiger partial charge in [-0.15, -0.1) is 0 Å². The van der Waals surface area contributed by atoms with Crippen LogP contribution in [0.3, 0.4) is 0 Å². The van der Waals surface area contributed by atoms with E-state index in [1.165, 1.54) is 23.7 Å². The molecule has 0 saturated carbocycles. The molecule has 8 heteroatoms. The highest BCUT2D eigenvalue weighted by molar-refractivity contribution is 7.09. The summed E-state index contributed by atoms with van der Waals surface area (Å²) in [4.78, 5) is 18.6. The number of amides is 1. The Balaban J connectivity index is 1.93. The molecule has 0 bridgehead atoms. The number of halogens is 1. The molecular weight excluding hydrogens is 367 g/mol. The van der Waals surface area contributed by atoms with Crippen LogP contribution in [0.25, 0.3) is 0 Å². The summed E-state index contributed by atoms with van der Waals surface area (Å²) >= 11 is 1.31. The van der Waals surface area contributed by atoms with Crippen LogP contribution in [0.15, 0.2) is 24.3 Å². The third-order valence-electron chi connectivity index (χ3n) is 4.03. The van der Waals surface area contributed by atoms with Gasteiger partial charge in [0.2, 0.25) is 11.0 Å². The zero-order valence-electron chi connectivity index (χ0n) is 15.9. The van der Waals surface area contributed by atoms with Crippen molar-refractivity contribution in [2.45, 2.75) is 32.6 Å². The van der Waals surface area contributed by atoms with Gasteiger partial charge in [0.15, 0.2) is 0 Å². The fraction of sp³-hybridized carbons (Fsp3) is 0.526. The van der Waals surface area contributed by atoms with Crippen LogP contribution in [0.2, 0.25) is 0 Å². The van der Waals surface area contributed by atoms with E-state index in [0.717, 1.165) is 23.5 Å². The van der Waals surface area contributed by atoms with Crippen molar-refractivity contribution in [3.8, 4) is 0 Å². The highest BCUT2D eigenvalue weighted by Crippen LogP contribution is 2.19. The molecule has 0 radical (unpaired) electrons. The van der Waals surface area contributed by atoms with Crippen LogP contribution in [0.5, 0.6) is 0 Å². The Morgan fingerprint density at radius 2 is 2.07 bits per heavy atom. The molecule has 1 heterocycles. The number of benzene rings is 1. The minimum atomic E-state index is -0.256. The molecule has 0 saturated heterocycles. The Hall–Kier alpha value is -2.06. The number of nitrogens with one attached hydrogen (secondary N) is 1. The summed E-state index contributed by atoms with van der Waals surface area (Å²) in [6.45, 7) is 4.56. The number of hydrogen-bond acceptors (Lipinski definition) is 6. The van der Waals surface area contributed by atoms with Gasteiger partial charge in [0.1, 0.15) is 11.6 Å². The van der Waals surface area contributed by atoms with Crippen molar-refractivity contribution in [3.05, 3.63) is 41.5 Å². The fourth-order valence-electron chi connectivity index (χ4n) is 2.46. The first-order valence-corrected chi connectivity index (χ1v) is 9.97. The van der Waals surface area contributed by atoms with Gasteiger partial charge < -0.3 is 15.0 Å². The highest BCUT2D eigenvalue weighted by Gasteiger charge is 2.14. The Kier molecular flexibility index (Phi) is 9.13. The van der Waals surface area contributed by atoms with E-state index < -0.39 is 0 Å². The van der Waals surface area contributed by atoms with Crippen LogP contribution in [-0.2, 0) is 16.0 Å². The lowest BCUT2D eigenvalue weighted by molar-refractivity contribution is -0.120. The third-order valence-corrected chi connectivity index (χ3v) is 4.84. The maximum Gasteiger partial charge on any atom is 0.221 e. The lowest BCUT2D eigenvalue weighted by atomic mass is 10.1. The van der Waals surface area contributed by atoms with Crippen molar-refractivity contribution >= 4 is 22.6 Å². The second-order valence-corrected chi connectivity index (χ2v) is 6.96. The Labute approximate surface area is 163 Å². The van der Waals surface area contributed by atoms with Crippen molar-refractivity contribution in [3.63, 3.8) is 0 Å². The summed E-state index contributed by atoms with van der Waals surface area (Å²) in [5.41, 5.74) is 0.958. The van der Waals surface area contributed by atoms with Crippen LogP contribution in [-0.4, -0.2) is 48.6 Å². The summed E-state index contributed by atoms with van der Waals surface area (Å²) in [6, 6.07) is 6.34. The van der Waals surface area contributed by atoms with Crippen molar-refractivity contribution in [1.82, 2.24) is 14.7 Å². The van der Waals surface area contributed by atoms with Gasteiger partial charge in [0.05, 0.1) is 6.61 Å². The van der Waals surface area contributed by atoms with Crippen LogP contribution in [0, 0.1) is 5.82 Å². The van der Waals surface area contributed by atoms with Gasteiger partial charge in [-0.3, -0.25) is 4.79 Å². The molecule has 6 nitrogen and oxygen atoms in total. The molecule has 27 heavy (non-hydrogen) atoms. The number of carbonyl (C=O) groups excluding carboxylic acids is 1. The molecule has 0 spiro atoms. The van der Waals surface area contributed by atoms with Crippen molar-refractivity contribution in [1.29, 1.82) is 0 Å². The van der Waals surface area contributed by atoms with E-state index >= 15 is 0 Å². The van der Waals surface area contributed by atoms with Crippen LogP contribution < -0.4 is 10.2 Å². The number of ether oxygens (including phenoxy) is 1. The molecule has 0 atom stereocenters. The normalized spacial score (nSPS) is 10.8. The average Bonchev–Trinajstić information content (AvgIpc) is 3.12. The zero-order valence-corrected chi connectivity index (χ0v) is 16.7. The predicted octanol–water partition coefficient (Wildman–Crippen LogP) is 3.03. The van der Waals surface area contributed by atoms with Crippen LogP contribution in [0.1, 0.15) is 37.6 Å². The molecular formula is C19H27FN4O2S. The van der Waals surface area contributed by atoms with Crippen molar-refractivity contribution in [2.75, 3.05) is 38.3 Å². The second kappa shape index (κ2) is 11.6. The Morgan fingerprint density at radius 3 is 2.78 bits per heavy atom. The number of nitrogens with zero attached hydrogens (tertiary/aromatic N) is 3. The lowest BCUT2D eigenvalue weighted by Gasteiger charge is -2.20. The van der Waals surface area contributed by atoms with Gasteiger partial charge in [-0.1, -0.05) is 25.5 Å². The largest absolute Gasteiger partial charge is 0.383 e. The van der Waals surface area contributed by atoms with E-state index in [2.05, 4.69) is 21.6 Å². The van der Waals surface area contributed by atoms with E-state index in [1.54, 1.807) is 19.2 Å². The molecule has 1 amide bonds. The molecule has 0 aliphatic heterocycles. The monoisotopic (exact) mass is 394 g/mol. The number of carbonyl (C=O) groups is 1. The molecule has 1 N–H and O–H groups in total. The first kappa shape index (κ1) is 21.2. The first-order chi connectivity index (χ1) is 13.1. The molecule has 2 aromatic rings. The minimum Gasteiger partial charge on any atom is -0.383 e. The maximum absolute atomic E-state index is 13.0. The first-order valence-electron chi connectivity index (χ1n) is 9.20. The van der Waals surface area contributed by atoms with E-state index in [1.807, 2.05) is 4.90 Å². The van der Waals surface area contributed by atoms with E-state index in [9.17, 15) is 9.18 Å². The number of aromatic nitrogens is 2. The van der Waals surface area contributed by atoms with Gasteiger partial charge in [-0.05, 0) is 24.1 Å². The fourth-order valence-corrected chi connectivity index (χ4v) is 3.20. The van der Waals surface area contributed by atoms with Gasteiger partial charge in [-0.2, -0.15) is 4.37 Å². The number of anilines is 1. The smallest absolute Gasteiger partial charge is 0.221 e. The van der Waals surface area contributed by atoms with E-state index in [0.29, 0.717) is 44.9 Å². The van der Waals surface area contributed by atoms with Gasteiger partial charge in [0.25, 0.3) is 0 Å². The summed E-state index contributed by atoms with van der Waals surface area (Å²) in [6.07, 6.45) is 3.00. The van der Waals surface area contributed by atoms with Crippen LogP contribution >= 0.6 is 11.5 Å². The van der Waals surface area contributed by atoms with Crippen LogP contribution in [0.4, 0.5) is 9.52 Å². The standard InChI is InChI=1S/C19H27FN4O2S/c1-3-4-10-21-18(25)9-11-24(12-13-26-2)19-22-17(23-27-19)14-15-5-7-16(20)8-6-15/h5-8H,3-4,9-14H2,1-2H3,(H,21,25). The predicted molar refractivity (Wildman–Crippen MR) is 106 cm³/mol. The summed E-state index contributed by atoms with van der Waals surface area (Å²) in [5.74, 6) is 0.479. The Bertz CT molecular complexity index is 693. The molecule has 148 valence electrons. The van der Waals surface area contributed by atoms with E-state index in [-0.39, 0.29) is 11.7 Å². The number of unbranched alkanes of at least 4 members (excludes halogenated alkanes) is 1. The third kappa shape index (κ3) is 7.60. The van der Waals surface area contributed by atoms with Crippen molar-refractivity contribution in [2.24, 2.45) is 0 Å². The highest BCUT2D eigenvalue weighted by atomic mass is 32.1. The summed E-state index contributed by atoms with van der Waals surface area (Å²) in [5, 5.41) is 3.70. The average molecular weight is 395 g/mol. The SMILES string of the molecule is CCCCNC(=O)CCN(CCOC)c1nc(Cc2ccc(F)cc2)ns1. The molecule has 2 rings (SSSR count). The quantitative estimate of drug-likeness (QED) is 0.561. The van der Waals surface area contributed by atoms with Crippen molar-refractivity contribution < 1.29 is 13.9 Å². The number of hydrogen-bond donors (Lipinski definition) is 1. The second-order valence-electron chi connectivity index (χ2n) is 6.23. The Morgan fingerprint density at radius 1 is 1.30 bits per heavy atom. The number of methoxy groups -OCH3 is 1. The maximum atomic E-state index is 13.0. The lowest BCUT2D eigenvalue weighted by Crippen LogP contribution is -2.33. The molecule has 0 unspecified atom stereocenters. The molecule has 0 aliphatic carbocycles. The molecule has 0 fully saturated rings. The van der Waals surface area contributed by atoms with Gasteiger partial charge in [0, 0.05) is 51.1 Å². The molecule has 1 aromatic heterocycles. The summed E-state index contributed by atoms with van der Waals surface area (Å²) < 4.78 is 22.6. The van der Waals surface area contributed by atoms with E-state index in [4.69, 9.17) is 4.74 Å². The minimum absolute atomic E-state index is 0.0434. The molecule has 1 aromatic carbocycles.